The van der Waals surface area contributed by atoms with Gasteiger partial charge in [-0.15, -0.1) is 0 Å². The number of carbonyl (C=O) groups is 1. The van der Waals surface area contributed by atoms with Gasteiger partial charge in [0.25, 0.3) is 0 Å². The van der Waals surface area contributed by atoms with Crippen molar-refractivity contribution < 1.29 is 9.53 Å². The number of carbonyl (C=O) groups excluding carboxylic acids is 1. The van der Waals surface area contributed by atoms with Crippen LogP contribution in [-0.2, 0) is 4.74 Å². The second-order valence-corrected chi connectivity index (χ2v) is 2.22. The number of rotatable bonds is 2. The van der Waals surface area contributed by atoms with Gasteiger partial charge in [-0.3, -0.25) is 4.57 Å². The lowest BCUT2D eigenvalue weighted by Crippen LogP contribution is -2.11. The van der Waals surface area contributed by atoms with Crippen molar-refractivity contribution in [3.05, 3.63) is 31.1 Å². The zero-order valence-corrected chi connectivity index (χ0v) is 6.56. The zero-order chi connectivity index (χ0) is 8.97. The molecule has 0 radical (unpaired) electrons. The molecule has 4 heteroatoms. The second-order valence-electron chi connectivity index (χ2n) is 2.22. The summed E-state index contributed by atoms with van der Waals surface area (Å²) in [7, 11) is 0. The normalized spacial score (nSPS) is 9.33. The molecule has 4 nitrogen and oxygen atoms in total. The van der Waals surface area contributed by atoms with E-state index in [-0.39, 0.29) is 6.61 Å². The first kappa shape index (κ1) is 8.39. The summed E-state index contributed by atoms with van der Waals surface area (Å²) in [5.74, 6) is 0. The van der Waals surface area contributed by atoms with Crippen molar-refractivity contribution in [3.63, 3.8) is 0 Å². The summed E-state index contributed by atoms with van der Waals surface area (Å²) in [4.78, 5) is 11.1. The van der Waals surface area contributed by atoms with Crippen LogP contribution >= 0.6 is 0 Å². The Bertz CT molecular complexity index is 291. The predicted molar refractivity (Wildman–Crippen MR) is 45.8 cm³/mol. The maximum Gasteiger partial charge on any atom is 0.418 e. The van der Waals surface area contributed by atoms with E-state index < -0.39 is 6.09 Å². The number of nitrogens with two attached hydrogens (primary N) is 1. The molecule has 0 fully saturated rings. The maximum atomic E-state index is 11.1. The van der Waals surface area contributed by atoms with Crippen LogP contribution in [0.4, 0.5) is 10.5 Å². The average molecular weight is 166 g/mol. The van der Waals surface area contributed by atoms with E-state index in [0.29, 0.717) is 5.69 Å². The lowest BCUT2D eigenvalue weighted by molar-refractivity contribution is 0.160. The summed E-state index contributed by atoms with van der Waals surface area (Å²) in [6, 6.07) is 1.62. The summed E-state index contributed by atoms with van der Waals surface area (Å²) < 4.78 is 6.02. The van der Waals surface area contributed by atoms with Crippen LogP contribution in [0, 0.1) is 0 Å². The summed E-state index contributed by atoms with van der Waals surface area (Å²) in [5.41, 5.74) is 5.93. The minimum absolute atomic E-state index is 0.205. The van der Waals surface area contributed by atoms with Gasteiger partial charge in [0.1, 0.15) is 6.61 Å². The largest absolute Gasteiger partial charge is 0.445 e. The first-order valence-corrected chi connectivity index (χ1v) is 3.45. The molecule has 2 N–H and O–H groups in total. The molecule has 1 aromatic heterocycles. The molecule has 0 aliphatic heterocycles. The average Bonchev–Trinajstić information content (AvgIpc) is 2.47. The van der Waals surface area contributed by atoms with Gasteiger partial charge in [-0.1, -0.05) is 12.7 Å². The number of hydrogen-bond acceptors (Lipinski definition) is 3. The quantitative estimate of drug-likeness (QED) is 0.672. The molecule has 0 aromatic carbocycles. The van der Waals surface area contributed by atoms with Crippen LogP contribution in [0.2, 0.25) is 0 Å². The van der Waals surface area contributed by atoms with Crippen molar-refractivity contribution in [1.29, 1.82) is 0 Å². The van der Waals surface area contributed by atoms with Gasteiger partial charge in [-0.25, -0.2) is 4.79 Å². The number of nitrogen functional groups attached to an aromatic ring is 1. The molecule has 0 bridgehead atoms. The molecule has 12 heavy (non-hydrogen) atoms. The first-order valence-electron chi connectivity index (χ1n) is 3.45. The van der Waals surface area contributed by atoms with Crippen LogP contribution < -0.4 is 5.73 Å². The Morgan fingerprint density at radius 3 is 3.08 bits per heavy atom. The minimum atomic E-state index is -0.452. The molecule has 64 valence electrons. The van der Waals surface area contributed by atoms with E-state index >= 15 is 0 Å². The molecule has 0 aliphatic carbocycles. The highest BCUT2D eigenvalue weighted by Crippen LogP contribution is 2.02. The highest BCUT2D eigenvalue weighted by atomic mass is 16.5. The van der Waals surface area contributed by atoms with E-state index in [1.165, 1.54) is 16.8 Å². The Labute approximate surface area is 70.2 Å². The van der Waals surface area contributed by atoms with E-state index in [1.807, 2.05) is 0 Å². The van der Waals surface area contributed by atoms with Crippen LogP contribution in [0.3, 0.4) is 0 Å². The Balaban J connectivity index is 2.59. The molecule has 0 atom stereocenters. The van der Waals surface area contributed by atoms with Crippen LogP contribution in [0.5, 0.6) is 0 Å². The van der Waals surface area contributed by atoms with E-state index in [0.717, 1.165) is 0 Å². The van der Waals surface area contributed by atoms with Crippen molar-refractivity contribution in [2.24, 2.45) is 0 Å². The molecule has 1 aromatic rings. The fourth-order valence-electron chi connectivity index (χ4n) is 0.731. The number of anilines is 1. The van der Waals surface area contributed by atoms with Gasteiger partial charge in [0.15, 0.2) is 0 Å². The maximum absolute atomic E-state index is 11.1. The molecule has 0 saturated heterocycles. The van der Waals surface area contributed by atoms with Crippen molar-refractivity contribution in [2.75, 3.05) is 12.3 Å². The number of nitrogens with zero attached hydrogens (tertiary/aromatic N) is 1. The summed E-state index contributed by atoms with van der Waals surface area (Å²) in [6.07, 6.45) is 4.09. The van der Waals surface area contributed by atoms with Crippen molar-refractivity contribution in [3.8, 4) is 0 Å². The molecule has 0 amide bonds. The molecular weight excluding hydrogens is 156 g/mol. The smallest absolute Gasteiger partial charge is 0.418 e. The third kappa shape index (κ3) is 1.88. The zero-order valence-electron chi connectivity index (χ0n) is 6.56. The fourth-order valence-corrected chi connectivity index (χ4v) is 0.731. The molecule has 0 spiro atoms. The molecule has 0 aliphatic rings. The fraction of sp³-hybridized carbons (Fsp3) is 0.125. The predicted octanol–water partition coefficient (Wildman–Crippen LogP) is 1.24. The van der Waals surface area contributed by atoms with Gasteiger partial charge in [0.2, 0.25) is 0 Å². The monoisotopic (exact) mass is 166 g/mol. The lowest BCUT2D eigenvalue weighted by atomic mass is 10.6. The van der Waals surface area contributed by atoms with Gasteiger partial charge in [-0.05, 0) is 6.07 Å². The Kier molecular flexibility index (Phi) is 2.53. The van der Waals surface area contributed by atoms with Gasteiger partial charge in [0.05, 0.1) is 0 Å². The van der Waals surface area contributed by atoms with Crippen molar-refractivity contribution >= 4 is 11.8 Å². The molecule has 1 rings (SSSR count). The highest BCUT2D eigenvalue weighted by Gasteiger charge is 2.03. The van der Waals surface area contributed by atoms with Crippen LogP contribution in [0.1, 0.15) is 0 Å². The third-order valence-corrected chi connectivity index (χ3v) is 1.25. The number of hydrogen-bond donors (Lipinski definition) is 1. The van der Waals surface area contributed by atoms with Crippen LogP contribution in [0.25, 0.3) is 0 Å². The summed E-state index contributed by atoms with van der Waals surface area (Å²) in [5, 5.41) is 0. The van der Waals surface area contributed by atoms with Gasteiger partial charge in [-0.2, -0.15) is 0 Å². The van der Waals surface area contributed by atoms with Crippen molar-refractivity contribution in [2.45, 2.75) is 0 Å². The lowest BCUT2D eigenvalue weighted by Gasteiger charge is -2.00. The topological polar surface area (TPSA) is 57.2 Å². The van der Waals surface area contributed by atoms with E-state index in [4.69, 9.17) is 10.5 Å². The van der Waals surface area contributed by atoms with Gasteiger partial charge in [0, 0.05) is 18.1 Å². The van der Waals surface area contributed by atoms with E-state index in [1.54, 1.807) is 12.3 Å². The number of ether oxygens (including phenoxy) is 1. The van der Waals surface area contributed by atoms with Crippen molar-refractivity contribution in [1.82, 2.24) is 4.57 Å². The second kappa shape index (κ2) is 3.61. The van der Waals surface area contributed by atoms with Gasteiger partial charge >= 0.3 is 6.09 Å². The molecule has 1 heterocycles. The number of aromatic nitrogens is 1. The van der Waals surface area contributed by atoms with E-state index in [2.05, 4.69) is 6.58 Å². The first-order chi connectivity index (χ1) is 5.74. The molecular formula is C8H10N2O2. The van der Waals surface area contributed by atoms with Crippen LogP contribution in [-0.4, -0.2) is 17.3 Å². The Morgan fingerprint density at radius 2 is 2.58 bits per heavy atom. The highest BCUT2D eigenvalue weighted by molar-refractivity contribution is 5.71. The molecule has 0 saturated carbocycles. The Morgan fingerprint density at radius 1 is 1.83 bits per heavy atom. The summed E-state index contributed by atoms with van der Waals surface area (Å²) in [6.45, 7) is 3.63. The SMILES string of the molecule is C=CCOC(=O)n1ccc(N)c1. The molecule has 0 unspecified atom stereocenters. The Hall–Kier alpha value is -1.71. The minimum Gasteiger partial charge on any atom is -0.445 e. The van der Waals surface area contributed by atoms with Crippen LogP contribution in [0.15, 0.2) is 31.1 Å². The summed E-state index contributed by atoms with van der Waals surface area (Å²) >= 11 is 0. The standard InChI is InChI=1S/C8H10N2O2/c1-2-5-12-8(11)10-4-3-7(9)6-10/h2-4,6H,1,5,9H2. The van der Waals surface area contributed by atoms with E-state index in [9.17, 15) is 4.79 Å². The third-order valence-electron chi connectivity index (χ3n) is 1.25. The van der Waals surface area contributed by atoms with Gasteiger partial charge < -0.3 is 10.5 Å².